The Labute approximate surface area is 165 Å². The summed E-state index contributed by atoms with van der Waals surface area (Å²) in [5.41, 5.74) is 7.99. The van der Waals surface area contributed by atoms with E-state index in [0.29, 0.717) is 24.4 Å². The highest BCUT2D eigenvalue weighted by atomic mass is 35.5. The maximum Gasteiger partial charge on any atom is 0.263 e. The molecule has 144 valence electrons. The number of hydrogen-bond donors (Lipinski definition) is 1. The summed E-state index contributed by atoms with van der Waals surface area (Å²) in [6.07, 6.45) is -0.640. The van der Waals surface area contributed by atoms with Crippen molar-refractivity contribution in [3.05, 3.63) is 65.7 Å². The zero-order chi connectivity index (χ0) is 18.7. The Balaban J connectivity index is 0.00000261. The number of benzene rings is 2. The number of ether oxygens (including phenoxy) is 1. The van der Waals surface area contributed by atoms with Crippen molar-refractivity contribution in [2.24, 2.45) is 5.73 Å². The van der Waals surface area contributed by atoms with Crippen LogP contribution in [0, 0.1) is 0 Å². The van der Waals surface area contributed by atoms with Gasteiger partial charge in [-0.2, -0.15) is 0 Å². The summed E-state index contributed by atoms with van der Waals surface area (Å²) in [6, 6.07) is 16.8. The van der Waals surface area contributed by atoms with Crippen molar-refractivity contribution in [1.29, 1.82) is 0 Å². The minimum atomic E-state index is -0.640. The van der Waals surface area contributed by atoms with Crippen molar-refractivity contribution >= 4 is 24.1 Å². The Kier molecular flexibility index (Phi) is 6.99. The van der Waals surface area contributed by atoms with Gasteiger partial charge >= 0.3 is 0 Å². The molecule has 5 nitrogen and oxygen atoms in total. The second-order valence-corrected chi connectivity index (χ2v) is 6.77. The number of likely N-dealkylation sites (tertiary alicyclic amines) is 1. The third-order valence-electron chi connectivity index (χ3n) is 4.81. The van der Waals surface area contributed by atoms with Crippen molar-refractivity contribution in [3.8, 4) is 5.75 Å². The number of nitrogens with two attached hydrogens (primary N) is 1. The van der Waals surface area contributed by atoms with Gasteiger partial charge in [0, 0.05) is 30.6 Å². The van der Waals surface area contributed by atoms with E-state index in [9.17, 15) is 9.59 Å². The number of rotatable bonds is 5. The van der Waals surface area contributed by atoms with Crippen molar-refractivity contribution in [1.82, 2.24) is 4.90 Å². The first-order chi connectivity index (χ1) is 12.5. The summed E-state index contributed by atoms with van der Waals surface area (Å²) >= 11 is 0. The van der Waals surface area contributed by atoms with Gasteiger partial charge in [0.1, 0.15) is 5.75 Å². The highest BCUT2D eigenvalue weighted by molar-refractivity contribution is 5.94. The lowest BCUT2D eigenvalue weighted by Crippen LogP contribution is -2.40. The van der Waals surface area contributed by atoms with Crippen LogP contribution in [0.2, 0.25) is 0 Å². The molecule has 2 N–H and O–H groups in total. The summed E-state index contributed by atoms with van der Waals surface area (Å²) in [5, 5.41) is 0. The number of carbonyl (C=O) groups excluding carboxylic acids is 2. The summed E-state index contributed by atoms with van der Waals surface area (Å²) in [7, 11) is 0. The quantitative estimate of drug-likeness (QED) is 0.799. The van der Waals surface area contributed by atoms with E-state index >= 15 is 0 Å². The normalized spacial score (nSPS) is 19.9. The second-order valence-electron chi connectivity index (χ2n) is 6.77. The SMILES string of the molecule is CC(=O)c1cccc(OC(C)C(=O)N2C[C@@H](N)[C@H](c3ccccc3)C2)c1.Cl. The Morgan fingerprint density at radius 1 is 1.11 bits per heavy atom. The van der Waals surface area contributed by atoms with Crippen LogP contribution in [0.15, 0.2) is 54.6 Å². The van der Waals surface area contributed by atoms with Gasteiger partial charge in [0.15, 0.2) is 11.9 Å². The van der Waals surface area contributed by atoms with Gasteiger partial charge in [0.25, 0.3) is 5.91 Å². The van der Waals surface area contributed by atoms with Crippen molar-refractivity contribution in [2.45, 2.75) is 31.9 Å². The standard InChI is InChI=1S/C21H24N2O3.ClH/c1-14(24)17-9-6-10-18(11-17)26-15(2)21(25)23-12-19(20(22)13-23)16-7-4-3-5-8-16;/h3-11,15,19-20H,12-13,22H2,1-2H3;1H/t15?,19-,20+;/m0./s1. The number of ketones is 1. The highest BCUT2D eigenvalue weighted by Gasteiger charge is 2.35. The predicted molar refractivity (Wildman–Crippen MR) is 108 cm³/mol. The summed E-state index contributed by atoms with van der Waals surface area (Å²) < 4.78 is 5.77. The molecule has 2 aromatic rings. The Hall–Kier alpha value is -2.37. The van der Waals surface area contributed by atoms with Gasteiger partial charge in [0.05, 0.1) is 0 Å². The smallest absolute Gasteiger partial charge is 0.263 e. The third kappa shape index (κ3) is 4.87. The topological polar surface area (TPSA) is 72.6 Å². The molecule has 0 spiro atoms. The van der Waals surface area contributed by atoms with Gasteiger partial charge in [0.2, 0.25) is 0 Å². The molecule has 0 saturated carbocycles. The van der Waals surface area contributed by atoms with E-state index in [2.05, 4.69) is 0 Å². The number of Topliss-reactive ketones (excluding diaryl/α,β-unsaturated/α-hetero) is 1. The largest absolute Gasteiger partial charge is 0.481 e. The minimum Gasteiger partial charge on any atom is -0.481 e. The summed E-state index contributed by atoms with van der Waals surface area (Å²) in [5.74, 6) is 0.521. The van der Waals surface area contributed by atoms with E-state index in [0.717, 1.165) is 5.56 Å². The van der Waals surface area contributed by atoms with Crippen LogP contribution in [0.5, 0.6) is 5.75 Å². The molecule has 6 heteroatoms. The van der Waals surface area contributed by atoms with Gasteiger partial charge in [-0.15, -0.1) is 12.4 Å². The third-order valence-corrected chi connectivity index (χ3v) is 4.81. The van der Waals surface area contributed by atoms with Gasteiger partial charge in [-0.05, 0) is 31.5 Å². The molecule has 1 aliphatic heterocycles. The van der Waals surface area contributed by atoms with Crippen LogP contribution in [0.3, 0.4) is 0 Å². The van der Waals surface area contributed by atoms with Crippen LogP contribution in [-0.2, 0) is 4.79 Å². The van der Waals surface area contributed by atoms with Crippen molar-refractivity contribution in [2.75, 3.05) is 13.1 Å². The lowest BCUT2D eigenvalue weighted by molar-refractivity contribution is -0.136. The fourth-order valence-corrected chi connectivity index (χ4v) is 3.36. The fraction of sp³-hybridized carbons (Fsp3) is 0.333. The lowest BCUT2D eigenvalue weighted by atomic mass is 9.95. The molecule has 0 aromatic heterocycles. The van der Waals surface area contributed by atoms with E-state index in [1.165, 1.54) is 6.92 Å². The molecule has 3 atom stereocenters. The first-order valence-electron chi connectivity index (χ1n) is 8.82. The van der Waals surface area contributed by atoms with Crippen LogP contribution >= 0.6 is 12.4 Å². The van der Waals surface area contributed by atoms with E-state index < -0.39 is 6.10 Å². The van der Waals surface area contributed by atoms with Gasteiger partial charge < -0.3 is 15.4 Å². The lowest BCUT2D eigenvalue weighted by Gasteiger charge is -2.22. The zero-order valence-electron chi connectivity index (χ0n) is 15.5. The number of nitrogens with zero attached hydrogens (tertiary/aromatic N) is 1. The molecule has 1 unspecified atom stereocenters. The number of halogens is 1. The van der Waals surface area contributed by atoms with Crippen LogP contribution in [0.25, 0.3) is 0 Å². The van der Waals surface area contributed by atoms with Crippen molar-refractivity contribution in [3.63, 3.8) is 0 Å². The predicted octanol–water partition coefficient (Wildman–Crippen LogP) is 3.03. The Morgan fingerprint density at radius 3 is 2.48 bits per heavy atom. The van der Waals surface area contributed by atoms with Crippen LogP contribution in [0.4, 0.5) is 0 Å². The first-order valence-corrected chi connectivity index (χ1v) is 8.82. The summed E-state index contributed by atoms with van der Waals surface area (Å²) in [6.45, 7) is 4.33. The van der Waals surface area contributed by atoms with E-state index in [4.69, 9.17) is 10.5 Å². The molecule has 1 fully saturated rings. The molecular weight excluding hydrogens is 364 g/mol. The highest BCUT2D eigenvalue weighted by Crippen LogP contribution is 2.27. The second kappa shape index (κ2) is 9.02. The fourth-order valence-electron chi connectivity index (χ4n) is 3.36. The zero-order valence-corrected chi connectivity index (χ0v) is 16.3. The molecular formula is C21H25ClN2O3. The van der Waals surface area contributed by atoms with Crippen molar-refractivity contribution < 1.29 is 14.3 Å². The molecule has 0 aliphatic carbocycles. The van der Waals surface area contributed by atoms with E-state index in [1.54, 1.807) is 36.1 Å². The average Bonchev–Trinajstić information content (AvgIpc) is 3.03. The average molecular weight is 389 g/mol. The number of amides is 1. The van der Waals surface area contributed by atoms with Crippen LogP contribution in [0.1, 0.15) is 35.7 Å². The Morgan fingerprint density at radius 2 is 1.81 bits per heavy atom. The van der Waals surface area contributed by atoms with Gasteiger partial charge in [-0.3, -0.25) is 9.59 Å². The summed E-state index contributed by atoms with van der Waals surface area (Å²) in [4.78, 5) is 26.0. The molecule has 1 aliphatic rings. The number of carbonyl (C=O) groups is 2. The van der Waals surface area contributed by atoms with Gasteiger partial charge in [-0.25, -0.2) is 0 Å². The first kappa shape index (κ1) is 20.9. The van der Waals surface area contributed by atoms with Crippen LogP contribution in [-0.4, -0.2) is 41.8 Å². The van der Waals surface area contributed by atoms with E-state index in [1.807, 2.05) is 30.3 Å². The maximum atomic E-state index is 12.8. The molecule has 0 bridgehead atoms. The number of hydrogen-bond acceptors (Lipinski definition) is 4. The van der Waals surface area contributed by atoms with E-state index in [-0.39, 0.29) is 36.1 Å². The van der Waals surface area contributed by atoms with Gasteiger partial charge in [-0.1, -0.05) is 42.5 Å². The maximum absolute atomic E-state index is 12.8. The molecule has 3 rings (SSSR count). The molecule has 1 heterocycles. The monoisotopic (exact) mass is 388 g/mol. The molecule has 27 heavy (non-hydrogen) atoms. The molecule has 1 amide bonds. The van der Waals surface area contributed by atoms with Crippen LogP contribution < -0.4 is 10.5 Å². The molecule has 2 aromatic carbocycles. The molecule has 1 saturated heterocycles. The molecule has 0 radical (unpaired) electrons. The Bertz CT molecular complexity index is 797. The minimum absolute atomic E-state index is 0.